The third-order valence-corrected chi connectivity index (χ3v) is 3.39. The fraction of sp³-hybridized carbons (Fsp3) is 0.250. The number of nitrogens with one attached hydrogen (secondary N) is 2. The Morgan fingerprint density at radius 1 is 1.26 bits per heavy atom. The molecule has 0 spiro atoms. The third kappa shape index (κ3) is 2.98. The summed E-state index contributed by atoms with van der Waals surface area (Å²) in [6.45, 7) is 4.64. The minimum Gasteiger partial charge on any atom is -0.442 e. The van der Waals surface area contributed by atoms with Crippen molar-refractivity contribution in [2.75, 3.05) is 11.9 Å². The number of anilines is 1. The Bertz CT molecular complexity index is 829. The Morgan fingerprint density at radius 3 is 2.87 bits per heavy atom. The molecule has 3 aromatic heterocycles. The lowest BCUT2D eigenvalue weighted by Crippen LogP contribution is -2.23. The number of hydrogen-bond acceptors (Lipinski definition) is 6. The molecule has 1 amide bonds. The number of amides is 1. The van der Waals surface area contributed by atoms with E-state index in [4.69, 9.17) is 4.42 Å². The standard InChI is InChI=1S/C16H17N5O2/c1-3-17-15(22)12-10(2)23-16-13(12)14(20-9-21-16)19-8-11-6-4-5-7-18-11/h4-7,9H,3,8H2,1-2H3,(H,17,22)(H,19,20,21). The van der Waals surface area contributed by atoms with Gasteiger partial charge in [0.25, 0.3) is 5.91 Å². The molecule has 118 valence electrons. The maximum Gasteiger partial charge on any atom is 0.255 e. The van der Waals surface area contributed by atoms with E-state index in [2.05, 4.69) is 25.6 Å². The molecule has 0 fully saturated rings. The molecule has 23 heavy (non-hydrogen) atoms. The van der Waals surface area contributed by atoms with Crippen molar-refractivity contribution in [1.29, 1.82) is 0 Å². The van der Waals surface area contributed by atoms with Crippen molar-refractivity contribution >= 4 is 22.8 Å². The number of rotatable bonds is 5. The predicted octanol–water partition coefficient (Wildman–Crippen LogP) is 2.29. The summed E-state index contributed by atoms with van der Waals surface area (Å²) in [5, 5.41) is 6.58. The topological polar surface area (TPSA) is 92.9 Å². The van der Waals surface area contributed by atoms with Crippen LogP contribution in [0.5, 0.6) is 0 Å². The van der Waals surface area contributed by atoms with E-state index in [1.165, 1.54) is 6.33 Å². The van der Waals surface area contributed by atoms with E-state index in [9.17, 15) is 4.79 Å². The highest BCUT2D eigenvalue weighted by molar-refractivity contribution is 6.09. The Balaban J connectivity index is 1.98. The highest BCUT2D eigenvalue weighted by Crippen LogP contribution is 2.29. The number of aryl methyl sites for hydroxylation is 1. The van der Waals surface area contributed by atoms with Gasteiger partial charge in [-0.2, -0.15) is 0 Å². The fourth-order valence-corrected chi connectivity index (χ4v) is 2.38. The van der Waals surface area contributed by atoms with Gasteiger partial charge in [0.15, 0.2) is 0 Å². The highest BCUT2D eigenvalue weighted by Gasteiger charge is 2.22. The molecule has 0 radical (unpaired) electrons. The van der Waals surface area contributed by atoms with Crippen molar-refractivity contribution in [2.45, 2.75) is 20.4 Å². The van der Waals surface area contributed by atoms with Crippen LogP contribution in [-0.4, -0.2) is 27.4 Å². The lowest BCUT2D eigenvalue weighted by molar-refractivity contribution is 0.0955. The maximum atomic E-state index is 12.3. The van der Waals surface area contributed by atoms with E-state index in [1.54, 1.807) is 13.1 Å². The summed E-state index contributed by atoms with van der Waals surface area (Å²) in [6, 6.07) is 5.69. The second-order valence-corrected chi connectivity index (χ2v) is 4.97. The molecule has 0 aromatic carbocycles. The quantitative estimate of drug-likeness (QED) is 0.751. The normalized spacial score (nSPS) is 10.7. The zero-order valence-corrected chi connectivity index (χ0v) is 13.0. The van der Waals surface area contributed by atoms with E-state index in [-0.39, 0.29) is 5.91 Å². The van der Waals surface area contributed by atoms with Crippen LogP contribution >= 0.6 is 0 Å². The van der Waals surface area contributed by atoms with E-state index in [0.717, 1.165) is 5.69 Å². The van der Waals surface area contributed by atoms with Gasteiger partial charge in [-0.1, -0.05) is 6.07 Å². The largest absolute Gasteiger partial charge is 0.442 e. The van der Waals surface area contributed by atoms with Crippen LogP contribution in [0.2, 0.25) is 0 Å². The van der Waals surface area contributed by atoms with Crippen molar-refractivity contribution in [1.82, 2.24) is 20.3 Å². The molecule has 7 nitrogen and oxygen atoms in total. The van der Waals surface area contributed by atoms with Crippen LogP contribution < -0.4 is 10.6 Å². The average molecular weight is 311 g/mol. The van der Waals surface area contributed by atoms with Crippen LogP contribution in [0, 0.1) is 6.92 Å². The van der Waals surface area contributed by atoms with Crippen LogP contribution in [0.25, 0.3) is 11.1 Å². The third-order valence-electron chi connectivity index (χ3n) is 3.39. The SMILES string of the molecule is CCNC(=O)c1c(C)oc2ncnc(NCc3ccccn3)c12. The molecule has 2 N–H and O–H groups in total. The van der Waals surface area contributed by atoms with Crippen molar-refractivity contribution in [3.8, 4) is 0 Å². The van der Waals surface area contributed by atoms with E-state index >= 15 is 0 Å². The molecule has 0 aliphatic carbocycles. The van der Waals surface area contributed by atoms with Gasteiger partial charge in [-0.3, -0.25) is 9.78 Å². The molecule has 0 aliphatic rings. The van der Waals surface area contributed by atoms with Gasteiger partial charge >= 0.3 is 0 Å². The smallest absolute Gasteiger partial charge is 0.255 e. The number of nitrogens with zero attached hydrogens (tertiary/aromatic N) is 3. The lowest BCUT2D eigenvalue weighted by Gasteiger charge is -2.07. The van der Waals surface area contributed by atoms with Crippen molar-refractivity contribution in [2.24, 2.45) is 0 Å². The molecule has 3 aromatic rings. The number of carbonyl (C=O) groups is 1. The Labute approximate surface area is 133 Å². The van der Waals surface area contributed by atoms with Gasteiger partial charge in [0, 0.05) is 12.7 Å². The zero-order chi connectivity index (χ0) is 16.2. The van der Waals surface area contributed by atoms with Gasteiger partial charge in [0.05, 0.1) is 23.2 Å². The second-order valence-electron chi connectivity index (χ2n) is 4.97. The van der Waals surface area contributed by atoms with E-state index in [1.807, 2.05) is 25.1 Å². The van der Waals surface area contributed by atoms with Gasteiger partial charge in [-0.05, 0) is 26.0 Å². The molecular formula is C16H17N5O2. The van der Waals surface area contributed by atoms with Crippen LogP contribution in [0.1, 0.15) is 28.7 Å². The summed E-state index contributed by atoms with van der Waals surface area (Å²) >= 11 is 0. The van der Waals surface area contributed by atoms with Crippen molar-refractivity contribution < 1.29 is 9.21 Å². The second kappa shape index (κ2) is 6.43. The number of carbonyl (C=O) groups excluding carboxylic acids is 1. The summed E-state index contributed by atoms with van der Waals surface area (Å²) < 4.78 is 5.59. The maximum absolute atomic E-state index is 12.3. The summed E-state index contributed by atoms with van der Waals surface area (Å²) in [7, 11) is 0. The molecule has 0 saturated heterocycles. The van der Waals surface area contributed by atoms with E-state index in [0.29, 0.717) is 41.3 Å². The van der Waals surface area contributed by atoms with Gasteiger partial charge in [-0.25, -0.2) is 9.97 Å². The Kier molecular flexibility index (Phi) is 4.18. The minimum atomic E-state index is -0.195. The minimum absolute atomic E-state index is 0.195. The Morgan fingerprint density at radius 2 is 2.13 bits per heavy atom. The lowest BCUT2D eigenvalue weighted by atomic mass is 10.1. The Hall–Kier alpha value is -2.96. The number of aromatic nitrogens is 3. The first-order valence-corrected chi connectivity index (χ1v) is 7.36. The summed E-state index contributed by atoms with van der Waals surface area (Å²) in [4.78, 5) is 24.9. The number of furan rings is 1. The highest BCUT2D eigenvalue weighted by atomic mass is 16.3. The molecule has 3 rings (SSSR count). The summed E-state index contributed by atoms with van der Waals surface area (Å²) in [5.74, 6) is 0.880. The molecular weight excluding hydrogens is 294 g/mol. The van der Waals surface area contributed by atoms with Crippen LogP contribution in [0.15, 0.2) is 35.1 Å². The number of fused-ring (bicyclic) bond motifs is 1. The molecule has 0 bridgehead atoms. The molecule has 0 atom stereocenters. The molecule has 0 unspecified atom stereocenters. The molecule has 0 saturated carbocycles. The fourth-order valence-electron chi connectivity index (χ4n) is 2.38. The van der Waals surface area contributed by atoms with Gasteiger partial charge < -0.3 is 15.1 Å². The van der Waals surface area contributed by atoms with Gasteiger partial charge in [0.1, 0.15) is 17.9 Å². The summed E-state index contributed by atoms with van der Waals surface area (Å²) in [6.07, 6.45) is 3.14. The van der Waals surface area contributed by atoms with Crippen molar-refractivity contribution in [3.05, 3.63) is 47.7 Å². The van der Waals surface area contributed by atoms with Crippen LogP contribution in [0.3, 0.4) is 0 Å². The predicted molar refractivity (Wildman–Crippen MR) is 86.1 cm³/mol. The number of pyridine rings is 1. The first-order valence-electron chi connectivity index (χ1n) is 7.36. The molecule has 3 heterocycles. The molecule has 7 heteroatoms. The van der Waals surface area contributed by atoms with Crippen LogP contribution in [-0.2, 0) is 6.54 Å². The summed E-state index contributed by atoms with van der Waals surface area (Å²) in [5.41, 5.74) is 1.73. The van der Waals surface area contributed by atoms with Crippen molar-refractivity contribution in [3.63, 3.8) is 0 Å². The van der Waals surface area contributed by atoms with Gasteiger partial charge in [0.2, 0.25) is 5.71 Å². The zero-order valence-electron chi connectivity index (χ0n) is 13.0. The van der Waals surface area contributed by atoms with Gasteiger partial charge in [-0.15, -0.1) is 0 Å². The van der Waals surface area contributed by atoms with Crippen LogP contribution in [0.4, 0.5) is 5.82 Å². The average Bonchev–Trinajstić information content (AvgIpc) is 2.90. The number of hydrogen-bond donors (Lipinski definition) is 2. The first kappa shape index (κ1) is 15.0. The van der Waals surface area contributed by atoms with E-state index < -0.39 is 0 Å². The monoisotopic (exact) mass is 311 g/mol. The first-order chi connectivity index (χ1) is 11.2. The molecule has 0 aliphatic heterocycles.